The minimum absolute atomic E-state index is 0.0113. The molecule has 0 fully saturated rings. The van der Waals surface area contributed by atoms with Crippen LogP contribution in [0.25, 0.3) is 0 Å². The lowest BCUT2D eigenvalue weighted by molar-refractivity contribution is -0.113. The smallest absolute Gasteiger partial charge is 0.234 e. The number of nitrogens with zero attached hydrogens (tertiary/aromatic N) is 2. The Bertz CT molecular complexity index is 638. The lowest BCUT2D eigenvalue weighted by Gasteiger charge is -2.10. The van der Waals surface area contributed by atoms with Gasteiger partial charge in [-0.15, -0.1) is 10.2 Å². The molecule has 0 aliphatic carbocycles. The molecule has 0 saturated heterocycles. The number of thioether (sulfide) groups is 2. The fraction of sp³-hybridized carbons (Fsp3) is 0.438. The molecule has 0 radical (unpaired) electrons. The predicted octanol–water partition coefficient (Wildman–Crippen LogP) is 4.78. The average Bonchev–Trinajstić information content (AvgIpc) is 2.97. The molecule has 0 aliphatic heterocycles. The maximum Gasteiger partial charge on any atom is 0.234 e. The van der Waals surface area contributed by atoms with Crippen LogP contribution in [-0.2, 0) is 4.79 Å². The summed E-state index contributed by atoms with van der Waals surface area (Å²) in [5, 5.41) is 11.3. The van der Waals surface area contributed by atoms with Gasteiger partial charge in [0.1, 0.15) is 0 Å². The Morgan fingerprint density at radius 2 is 1.83 bits per heavy atom. The first-order valence-corrected chi connectivity index (χ1v) is 10.3. The summed E-state index contributed by atoms with van der Waals surface area (Å²) >= 11 is 4.74. The number of hydrogen-bond acceptors (Lipinski definition) is 6. The number of anilines is 1. The Kier molecular flexibility index (Phi) is 7.39. The number of hydrogen-bond donors (Lipinski definition) is 1. The van der Waals surface area contributed by atoms with Crippen molar-refractivity contribution in [2.75, 3.05) is 16.8 Å². The predicted molar refractivity (Wildman–Crippen MR) is 101 cm³/mol. The van der Waals surface area contributed by atoms with Gasteiger partial charge in [0.05, 0.1) is 5.75 Å². The van der Waals surface area contributed by atoms with Gasteiger partial charge in [0.15, 0.2) is 8.68 Å². The second-order valence-electron chi connectivity index (χ2n) is 5.14. The zero-order valence-corrected chi connectivity index (χ0v) is 16.0. The Morgan fingerprint density at radius 1 is 1.17 bits per heavy atom. The molecule has 0 unspecified atom stereocenters. The van der Waals surface area contributed by atoms with Crippen molar-refractivity contribution in [3.05, 3.63) is 29.3 Å². The van der Waals surface area contributed by atoms with Crippen LogP contribution >= 0.6 is 34.9 Å². The molecule has 0 bridgehead atoms. The van der Waals surface area contributed by atoms with Crippen molar-refractivity contribution in [1.82, 2.24) is 10.2 Å². The van der Waals surface area contributed by atoms with Gasteiger partial charge in [0, 0.05) is 11.4 Å². The third-order valence-corrected chi connectivity index (χ3v) is 6.46. The van der Waals surface area contributed by atoms with Gasteiger partial charge in [-0.3, -0.25) is 4.79 Å². The van der Waals surface area contributed by atoms with Crippen LogP contribution in [0.5, 0.6) is 0 Å². The fourth-order valence-corrected chi connectivity index (χ4v) is 4.91. The SMILES string of the molecule is CCCCSc1nnc(SCC(=O)Nc2c(C)cccc2C)s1. The highest BCUT2D eigenvalue weighted by atomic mass is 32.2. The molecule has 2 rings (SSSR count). The third kappa shape index (κ3) is 5.82. The molecule has 1 N–H and O–H groups in total. The number of unbranched alkanes of at least 4 members (excludes halogenated alkanes) is 1. The number of carbonyl (C=O) groups excluding carboxylic acids is 1. The molecule has 0 spiro atoms. The Morgan fingerprint density at radius 3 is 2.48 bits per heavy atom. The van der Waals surface area contributed by atoms with Crippen LogP contribution in [-0.4, -0.2) is 27.6 Å². The van der Waals surface area contributed by atoms with Crippen LogP contribution in [0.2, 0.25) is 0 Å². The summed E-state index contributed by atoms with van der Waals surface area (Å²) in [7, 11) is 0. The zero-order chi connectivity index (χ0) is 16.7. The first kappa shape index (κ1) is 18.3. The average molecular weight is 368 g/mol. The molecular weight excluding hydrogens is 346 g/mol. The number of aromatic nitrogens is 2. The molecular formula is C16H21N3OS3. The molecule has 1 aromatic carbocycles. The van der Waals surface area contributed by atoms with Gasteiger partial charge in [-0.25, -0.2) is 0 Å². The van der Waals surface area contributed by atoms with E-state index in [2.05, 4.69) is 22.4 Å². The van der Waals surface area contributed by atoms with Gasteiger partial charge in [-0.1, -0.05) is 66.4 Å². The van der Waals surface area contributed by atoms with E-state index in [9.17, 15) is 4.79 Å². The summed E-state index contributed by atoms with van der Waals surface area (Å²) < 4.78 is 1.83. The van der Waals surface area contributed by atoms with E-state index in [1.165, 1.54) is 24.6 Å². The summed E-state index contributed by atoms with van der Waals surface area (Å²) in [5.41, 5.74) is 3.06. The minimum Gasteiger partial charge on any atom is -0.325 e. The number of carbonyl (C=O) groups is 1. The molecule has 0 atom stereocenters. The van der Waals surface area contributed by atoms with E-state index in [1.807, 2.05) is 32.0 Å². The first-order chi connectivity index (χ1) is 11.1. The maximum absolute atomic E-state index is 12.1. The van der Waals surface area contributed by atoms with E-state index in [-0.39, 0.29) is 5.91 Å². The van der Waals surface area contributed by atoms with Crippen molar-refractivity contribution in [1.29, 1.82) is 0 Å². The topological polar surface area (TPSA) is 54.9 Å². The van der Waals surface area contributed by atoms with E-state index >= 15 is 0 Å². The van der Waals surface area contributed by atoms with E-state index in [0.29, 0.717) is 5.75 Å². The molecule has 1 heterocycles. The van der Waals surface area contributed by atoms with Gasteiger partial charge in [-0.2, -0.15) is 0 Å². The number of amides is 1. The maximum atomic E-state index is 12.1. The van der Waals surface area contributed by atoms with Crippen molar-refractivity contribution in [2.24, 2.45) is 0 Å². The lowest BCUT2D eigenvalue weighted by Crippen LogP contribution is -2.15. The number of para-hydroxylation sites is 1. The van der Waals surface area contributed by atoms with Crippen molar-refractivity contribution in [3.63, 3.8) is 0 Å². The summed E-state index contributed by atoms with van der Waals surface area (Å²) in [6, 6.07) is 5.99. The Labute approximate surface area is 149 Å². The summed E-state index contributed by atoms with van der Waals surface area (Å²) in [6.07, 6.45) is 2.37. The minimum atomic E-state index is -0.0113. The van der Waals surface area contributed by atoms with Crippen LogP contribution in [0.3, 0.4) is 0 Å². The number of benzene rings is 1. The number of rotatable bonds is 8. The Hall–Kier alpha value is -1.05. The fourth-order valence-electron chi connectivity index (χ4n) is 1.93. The van der Waals surface area contributed by atoms with E-state index in [4.69, 9.17) is 0 Å². The van der Waals surface area contributed by atoms with Gasteiger partial charge in [0.2, 0.25) is 5.91 Å². The van der Waals surface area contributed by atoms with Crippen molar-refractivity contribution in [3.8, 4) is 0 Å². The second kappa shape index (κ2) is 9.30. The number of nitrogens with one attached hydrogen (secondary N) is 1. The molecule has 4 nitrogen and oxygen atoms in total. The molecule has 1 aromatic heterocycles. The highest BCUT2D eigenvalue weighted by molar-refractivity contribution is 8.03. The second-order valence-corrected chi connectivity index (χ2v) is 8.68. The van der Waals surface area contributed by atoms with Crippen LogP contribution in [0.1, 0.15) is 30.9 Å². The molecule has 0 aliphatic rings. The molecule has 23 heavy (non-hydrogen) atoms. The lowest BCUT2D eigenvalue weighted by atomic mass is 10.1. The van der Waals surface area contributed by atoms with E-state index < -0.39 is 0 Å². The van der Waals surface area contributed by atoms with Gasteiger partial charge >= 0.3 is 0 Å². The van der Waals surface area contributed by atoms with E-state index in [0.717, 1.165) is 31.2 Å². The molecule has 0 saturated carbocycles. The largest absolute Gasteiger partial charge is 0.325 e. The monoisotopic (exact) mass is 367 g/mol. The highest BCUT2D eigenvalue weighted by Gasteiger charge is 2.10. The molecule has 7 heteroatoms. The summed E-state index contributed by atoms with van der Waals surface area (Å²) in [6.45, 7) is 6.18. The highest BCUT2D eigenvalue weighted by Crippen LogP contribution is 2.29. The van der Waals surface area contributed by atoms with E-state index in [1.54, 1.807) is 23.1 Å². The van der Waals surface area contributed by atoms with Crippen LogP contribution < -0.4 is 5.32 Å². The van der Waals surface area contributed by atoms with Crippen LogP contribution in [0.4, 0.5) is 5.69 Å². The molecule has 2 aromatic rings. The molecule has 124 valence electrons. The van der Waals surface area contributed by atoms with Gasteiger partial charge < -0.3 is 5.32 Å². The summed E-state index contributed by atoms with van der Waals surface area (Å²) in [5.74, 6) is 1.41. The van der Waals surface area contributed by atoms with Crippen molar-refractivity contribution >= 4 is 46.5 Å². The van der Waals surface area contributed by atoms with Gasteiger partial charge in [-0.05, 0) is 31.4 Å². The Balaban J connectivity index is 1.82. The van der Waals surface area contributed by atoms with Crippen molar-refractivity contribution < 1.29 is 4.79 Å². The molecule has 1 amide bonds. The third-order valence-electron chi connectivity index (χ3n) is 3.18. The van der Waals surface area contributed by atoms with Crippen LogP contribution in [0, 0.1) is 13.8 Å². The quantitative estimate of drug-likeness (QED) is 0.537. The standard InChI is InChI=1S/C16H21N3OS3/c1-4-5-9-21-15-18-19-16(23-15)22-10-13(20)17-14-11(2)7-6-8-12(14)3/h6-8H,4-5,9-10H2,1-3H3,(H,17,20). The first-order valence-electron chi connectivity index (χ1n) is 7.55. The van der Waals surface area contributed by atoms with Crippen molar-refractivity contribution in [2.45, 2.75) is 42.3 Å². The summed E-state index contributed by atoms with van der Waals surface area (Å²) in [4.78, 5) is 12.1. The number of aryl methyl sites for hydroxylation is 2. The normalized spacial score (nSPS) is 10.7. The van der Waals surface area contributed by atoms with Crippen LogP contribution in [0.15, 0.2) is 26.9 Å². The zero-order valence-electron chi connectivity index (χ0n) is 13.6. The van der Waals surface area contributed by atoms with Gasteiger partial charge in [0.25, 0.3) is 0 Å².